The average Bonchev–Trinajstić information content (AvgIpc) is 0.828. The third-order valence-electron chi connectivity index (χ3n) is 22.6. The van der Waals surface area contributed by atoms with Crippen molar-refractivity contribution in [2.75, 3.05) is 220 Å². The summed E-state index contributed by atoms with van der Waals surface area (Å²) in [6.45, 7) is 5.21. The summed E-state index contributed by atoms with van der Waals surface area (Å²) in [7, 11) is 7.30. The first kappa shape index (κ1) is 131. The van der Waals surface area contributed by atoms with Crippen molar-refractivity contribution in [3.8, 4) is 0 Å². The van der Waals surface area contributed by atoms with E-state index in [0.717, 1.165) is 62.5 Å². The van der Waals surface area contributed by atoms with Gasteiger partial charge in [0, 0.05) is 71.8 Å². The third kappa shape index (κ3) is 80.1. The minimum atomic E-state index is -4.19. The van der Waals surface area contributed by atoms with E-state index >= 15 is 0 Å². The van der Waals surface area contributed by atoms with Crippen molar-refractivity contribution >= 4 is 81.7 Å². The quantitative estimate of drug-likeness (QED) is 0.0118. The summed E-state index contributed by atoms with van der Waals surface area (Å²) in [6, 6.07) is 23.4. The molecule has 3 N–H and O–H groups in total. The molecule has 0 aromatic heterocycles. The number of nitrogens with zero attached hydrogens (tertiary/aromatic N) is 8. The van der Waals surface area contributed by atoms with Gasteiger partial charge in [0.05, 0.1) is 127 Å². The second-order valence-electron chi connectivity index (χ2n) is 37.2. The van der Waals surface area contributed by atoms with E-state index in [1.165, 1.54) is 202 Å². The normalized spacial score (nSPS) is 13.7. The Morgan fingerprint density at radius 3 is 0.950 bits per heavy atom. The molecule has 39 heteroatoms. The zero-order chi connectivity index (χ0) is 103. The Balaban J connectivity index is 0.00000225. The molecule has 2 aliphatic heterocycles. The maximum Gasteiger partial charge on any atom is 0.373 e. The van der Waals surface area contributed by atoms with Crippen LogP contribution in [-0.2, 0) is 136 Å². The zero-order valence-electron chi connectivity index (χ0n) is 83.7. The molecule has 37 nitrogen and oxygen atoms in total. The molecular formula is C100H167N8O29P2-. The maximum atomic E-state index is 12.7. The van der Waals surface area contributed by atoms with E-state index in [0.29, 0.717) is 87.3 Å². The number of carbonyl (C=O) groups is 9. The van der Waals surface area contributed by atoms with Gasteiger partial charge in [0.15, 0.2) is 0 Å². The van der Waals surface area contributed by atoms with Gasteiger partial charge in [-0.1, -0.05) is 260 Å². The van der Waals surface area contributed by atoms with Gasteiger partial charge in [-0.15, -0.1) is 0 Å². The van der Waals surface area contributed by atoms with Gasteiger partial charge in [0.25, 0.3) is 15.6 Å². The molecule has 2 unspecified atom stereocenters. The summed E-state index contributed by atoms with van der Waals surface area (Å²) in [4.78, 5) is 170. The summed E-state index contributed by atoms with van der Waals surface area (Å²) in [5.74, 6) is -6.65. The molecule has 0 saturated carbocycles. The highest BCUT2D eigenvalue weighted by Crippen LogP contribution is 2.39. The zero-order valence-corrected chi connectivity index (χ0v) is 85.5. The summed E-state index contributed by atoms with van der Waals surface area (Å²) in [5, 5.41) is 38.3. The van der Waals surface area contributed by atoms with Gasteiger partial charge in [0.2, 0.25) is 0 Å². The van der Waals surface area contributed by atoms with Gasteiger partial charge in [-0.3, -0.25) is 72.0 Å². The van der Waals surface area contributed by atoms with E-state index in [4.69, 9.17) is 57.0 Å². The van der Waals surface area contributed by atoms with E-state index < -0.39 is 63.4 Å². The minimum Gasteiger partial charge on any atom is -0.756 e. The molecule has 2 atom stereocenters. The van der Waals surface area contributed by atoms with E-state index in [9.17, 15) is 72.3 Å². The predicted molar refractivity (Wildman–Crippen MR) is 519 cm³/mol. The number of esters is 6. The first-order chi connectivity index (χ1) is 65.8. The van der Waals surface area contributed by atoms with Crippen LogP contribution in [-0.4, -0.2) is 340 Å². The number of quaternary nitrogens is 2. The standard InChI is InChI=1S/C52H87N4O12P.C31H58NO5P.C14H19N3O8.2CO2.CH4/c1-53(33-34-54(2)43-50(59)65-39-32-47-27-29-48(30-28-47)52(61)62)35-36-55(42-49(57)58)44-51(60)66-40-31-46-25-23-45(24-26-46)22-20-18-16-14-12-10-8-6-7-9-11-13-15-17-19-21-38-67-69(63,64)68-41-37-56(3,4)5;1-32(2,3)26-29-37-38(34,35)36-28-19-17-15-13-11-9-7-5-4-6-8-10-12-14-16-18-20-30-21-23-31(24-22-30)25-27-33;18-10(19)5-15(1-3-16-6-11(20)24-12(21)7-16)2-4-17-8-13(22)25-14(23)9-17;2*2-1-3;/h23-30H,6-22,31-44H2,1-5H3,(H2-,57,58,61,62,63,64);21-24,33H,4-20,25-29H2,1-3H3;1-9H2,(H,18,19);;;1H4/p-1. The van der Waals surface area contributed by atoms with Crippen LogP contribution in [0.4, 0.5) is 0 Å². The number of likely N-dealkylation sites (N-methyl/N-ethyl adjacent to an activating group) is 4. The van der Waals surface area contributed by atoms with Crippen molar-refractivity contribution < 1.29 is 148 Å². The van der Waals surface area contributed by atoms with E-state index in [1.807, 2.05) is 66.2 Å². The molecule has 3 aromatic rings. The van der Waals surface area contributed by atoms with Crippen LogP contribution < -0.4 is 14.9 Å². The average molecular weight is 2010 g/mol. The molecule has 0 aliphatic carbocycles. The lowest BCUT2D eigenvalue weighted by Gasteiger charge is -2.30. The van der Waals surface area contributed by atoms with Gasteiger partial charge in [-0.05, 0) is 92.4 Å². The molecule has 2 fully saturated rings. The molecule has 0 spiro atoms. The largest absolute Gasteiger partial charge is 0.756 e. The molecule has 0 radical (unpaired) electrons. The van der Waals surface area contributed by atoms with Gasteiger partial charge in [0.1, 0.15) is 26.3 Å². The predicted octanol–water partition coefficient (Wildman–Crippen LogP) is 9.99. The number of morpholine rings is 2. The number of aromatic carboxylic acids is 1. The Bertz CT molecular complexity index is 3890. The van der Waals surface area contributed by atoms with Crippen LogP contribution in [0.1, 0.15) is 251 Å². The topological polar surface area (TPSA) is 479 Å². The van der Waals surface area contributed by atoms with Crippen LogP contribution in [0.15, 0.2) is 72.8 Å². The van der Waals surface area contributed by atoms with Crippen LogP contribution in [0.2, 0.25) is 0 Å². The number of unbranched alkanes of at least 4 members (excludes halogenated alkanes) is 30. The molecule has 139 heavy (non-hydrogen) atoms. The number of phosphoric ester groups is 2. The van der Waals surface area contributed by atoms with Crippen LogP contribution in [0.25, 0.3) is 0 Å². The third-order valence-corrected chi connectivity index (χ3v) is 24.6. The number of phosphoric acid groups is 2. The Labute approximate surface area is 826 Å². The molecule has 3 aromatic carbocycles. The van der Waals surface area contributed by atoms with Crippen molar-refractivity contribution in [1.29, 1.82) is 0 Å². The van der Waals surface area contributed by atoms with E-state index in [2.05, 4.69) is 58.0 Å². The number of aliphatic hydroxyl groups excluding tert-OH is 1. The number of cyclic esters (lactones) is 4. The van der Waals surface area contributed by atoms with Crippen molar-refractivity contribution in [2.45, 2.75) is 245 Å². The lowest BCUT2D eigenvalue weighted by Crippen LogP contribution is -2.49. The fraction of sp³-hybridized carbons (Fsp3) is 0.710. The Morgan fingerprint density at radius 1 is 0.374 bits per heavy atom. The van der Waals surface area contributed by atoms with Crippen molar-refractivity contribution in [1.82, 2.24) is 29.4 Å². The van der Waals surface area contributed by atoms with Crippen LogP contribution in [0.3, 0.4) is 0 Å². The van der Waals surface area contributed by atoms with Gasteiger partial charge in [-0.25, -0.2) is 0 Å². The highest BCUT2D eigenvalue weighted by atomic mass is 31.2. The lowest BCUT2D eigenvalue weighted by atomic mass is 10.0. The summed E-state index contributed by atoms with van der Waals surface area (Å²) >= 11 is 0. The van der Waals surface area contributed by atoms with Gasteiger partial charge >= 0.3 is 60.1 Å². The number of aliphatic hydroxyl groups is 1. The molecule has 2 heterocycles. The number of carboxylic acid groups (broad SMARTS) is 3. The summed E-state index contributed by atoms with van der Waals surface area (Å²) < 4.78 is 64.3. The first-order valence-electron chi connectivity index (χ1n) is 49.1. The van der Waals surface area contributed by atoms with Crippen molar-refractivity contribution in [3.05, 3.63) is 106 Å². The number of carboxylic acids is 3. The maximum absolute atomic E-state index is 12.7. The van der Waals surface area contributed by atoms with Crippen molar-refractivity contribution in [3.63, 3.8) is 0 Å². The monoisotopic (exact) mass is 2010 g/mol. The molecule has 5 rings (SSSR count). The van der Waals surface area contributed by atoms with Crippen LogP contribution in [0, 0.1) is 0 Å². The second kappa shape index (κ2) is 81.3. The van der Waals surface area contributed by atoms with Crippen LogP contribution >= 0.6 is 15.6 Å². The highest BCUT2D eigenvalue weighted by Gasteiger charge is 2.28. The van der Waals surface area contributed by atoms with Gasteiger partial charge < -0.3 is 85.9 Å². The number of aryl methyl sites for hydroxylation is 2. The number of carbonyl (C=O) groups excluding carboxylic acids is 11. The smallest absolute Gasteiger partial charge is 0.373 e. The van der Waals surface area contributed by atoms with E-state index in [-0.39, 0.29) is 130 Å². The van der Waals surface area contributed by atoms with E-state index in [1.54, 1.807) is 31.7 Å². The highest BCUT2D eigenvalue weighted by molar-refractivity contribution is 7.46. The molecule has 792 valence electrons. The number of aliphatic carboxylic acids is 2. The molecule has 2 saturated heterocycles. The number of ether oxygens (including phenoxy) is 4. The fourth-order valence-corrected chi connectivity index (χ4v) is 16.1. The summed E-state index contributed by atoms with van der Waals surface area (Å²) in [6.07, 6.45) is 44.2. The second-order valence-corrected chi connectivity index (χ2v) is 40.0. The Hall–Kier alpha value is -8.09. The number of benzene rings is 3. The minimum absolute atomic E-state index is 0. The van der Waals surface area contributed by atoms with Crippen molar-refractivity contribution in [2.24, 2.45) is 0 Å². The Morgan fingerprint density at radius 2 is 0.640 bits per heavy atom. The number of hydrogen-bond acceptors (Lipinski definition) is 33. The molecular weight excluding hydrogens is 1840 g/mol. The SMILES string of the molecule is C.CN(CCN(C)CC(=O)OCCc1ccc(C(=O)[O-])cc1)CCN(CC(=O)O)CC(=O)OCCc1ccc(CCCCCCCCCCCCCCCCCCOP(=O)([O-])OCC[N+](C)(C)C)cc1.C[N+](C)(C)CCOP(=O)([O-])OCCCCCCCCCCCCCCCCCCc1ccc(CCO)cc1.O=C(O)CN(CCN1CC(=O)OC(=O)C1)CCN1CC(=O)OC(=O)C1.O=C=O.O=C=O. The summed E-state index contributed by atoms with van der Waals surface area (Å²) in [5.41, 5.74) is 5.98. The number of hydrogen-bond donors (Lipinski definition) is 3. The lowest BCUT2D eigenvalue weighted by molar-refractivity contribution is -0.870. The molecule has 0 bridgehead atoms. The number of rotatable bonds is 77. The fourth-order valence-electron chi connectivity index (χ4n) is 14.7. The van der Waals surface area contributed by atoms with Crippen LogP contribution in [0.5, 0.6) is 0 Å². The van der Waals surface area contributed by atoms with Gasteiger partial charge in [-0.2, -0.15) is 19.2 Å². The Kier molecular flexibility index (Phi) is 76.6. The first-order valence-corrected chi connectivity index (χ1v) is 52.0. The molecule has 2 aliphatic rings. The molecule has 0 amide bonds.